The van der Waals surface area contributed by atoms with Crippen LogP contribution in [0.15, 0.2) is 4.52 Å². The number of ether oxygens (including phenoxy) is 1. The van der Waals surface area contributed by atoms with Crippen molar-refractivity contribution in [2.24, 2.45) is 0 Å². The maximum absolute atomic E-state index is 12.2. The number of amides is 1. The van der Waals surface area contributed by atoms with E-state index in [1.165, 1.54) is 0 Å². The van der Waals surface area contributed by atoms with E-state index in [0.29, 0.717) is 25.8 Å². The number of aryl methyl sites for hydroxylation is 2. The summed E-state index contributed by atoms with van der Waals surface area (Å²) in [5, 5.41) is 3.87. The summed E-state index contributed by atoms with van der Waals surface area (Å²) in [6.07, 6.45) is 1.53. The van der Waals surface area contributed by atoms with Crippen molar-refractivity contribution in [3.63, 3.8) is 0 Å². The fourth-order valence-corrected chi connectivity index (χ4v) is 2.86. The third-order valence-corrected chi connectivity index (χ3v) is 3.91. The monoisotopic (exact) mass is 264 g/mol. The van der Waals surface area contributed by atoms with Crippen LogP contribution in [-0.4, -0.2) is 40.6 Å². The number of esters is 1. The highest BCUT2D eigenvalue weighted by atomic mass is 16.6. The molecule has 102 valence electrons. The van der Waals surface area contributed by atoms with Crippen LogP contribution in [0.2, 0.25) is 0 Å². The summed E-state index contributed by atoms with van der Waals surface area (Å²) in [4.78, 5) is 25.3. The van der Waals surface area contributed by atoms with Crippen LogP contribution in [0.3, 0.4) is 0 Å². The molecule has 6 heteroatoms. The summed E-state index contributed by atoms with van der Waals surface area (Å²) in [6, 6.07) is -0.359. The number of morpholine rings is 1. The highest BCUT2D eigenvalue weighted by Crippen LogP contribution is 2.29. The molecule has 2 atom stereocenters. The number of fused-ring (bicyclic) bond motifs is 2. The molecule has 1 aromatic heterocycles. The highest BCUT2D eigenvalue weighted by molar-refractivity contribution is 5.87. The molecule has 0 unspecified atom stereocenters. The maximum Gasteiger partial charge on any atom is 0.329 e. The lowest BCUT2D eigenvalue weighted by molar-refractivity contribution is -0.157. The molecule has 0 radical (unpaired) electrons. The molecule has 2 aliphatic rings. The second-order valence-corrected chi connectivity index (χ2v) is 5.16. The Balaban J connectivity index is 1.62. The number of carbonyl (C=O) groups is 2. The zero-order valence-electron chi connectivity index (χ0n) is 11.0. The van der Waals surface area contributed by atoms with Crippen LogP contribution in [0.1, 0.15) is 29.9 Å². The number of nitrogens with zero attached hydrogens (tertiary/aromatic N) is 2. The molecule has 0 saturated carbocycles. The Hall–Kier alpha value is -1.85. The fraction of sp³-hybridized carbons (Fsp3) is 0.615. The predicted octanol–water partition coefficient (Wildman–Crippen LogP) is 0.750. The molecule has 1 aromatic rings. The van der Waals surface area contributed by atoms with Gasteiger partial charge in [-0.25, -0.2) is 4.79 Å². The van der Waals surface area contributed by atoms with E-state index in [1.807, 2.05) is 13.8 Å². The van der Waals surface area contributed by atoms with Gasteiger partial charge in [-0.05, 0) is 20.3 Å². The predicted molar refractivity (Wildman–Crippen MR) is 64.3 cm³/mol. The number of hydrogen-bond acceptors (Lipinski definition) is 5. The lowest BCUT2D eigenvalue weighted by Gasteiger charge is -2.25. The van der Waals surface area contributed by atoms with Gasteiger partial charge < -0.3 is 14.2 Å². The van der Waals surface area contributed by atoms with Gasteiger partial charge in [0.15, 0.2) is 0 Å². The van der Waals surface area contributed by atoms with Gasteiger partial charge in [-0.3, -0.25) is 4.79 Å². The number of aromatic nitrogens is 1. The Bertz CT molecular complexity index is 517. The largest absolute Gasteiger partial charge is 0.459 e. The van der Waals surface area contributed by atoms with Crippen LogP contribution in [0.25, 0.3) is 0 Å². The van der Waals surface area contributed by atoms with Gasteiger partial charge in [0.2, 0.25) is 5.91 Å². The third-order valence-electron chi connectivity index (χ3n) is 3.91. The topological polar surface area (TPSA) is 72.6 Å². The van der Waals surface area contributed by atoms with Crippen LogP contribution < -0.4 is 0 Å². The first-order chi connectivity index (χ1) is 9.06. The van der Waals surface area contributed by atoms with Crippen molar-refractivity contribution >= 4 is 11.9 Å². The molecule has 0 N–H and O–H groups in total. The van der Waals surface area contributed by atoms with Crippen molar-refractivity contribution in [2.45, 2.75) is 45.3 Å². The van der Waals surface area contributed by atoms with Crippen LogP contribution >= 0.6 is 0 Å². The van der Waals surface area contributed by atoms with E-state index in [4.69, 9.17) is 9.26 Å². The van der Waals surface area contributed by atoms with E-state index < -0.39 is 0 Å². The molecule has 1 amide bonds. The van der Waals surface area contributed by atoms with Crippen LogP contribution in [-0.2, 0) is 20.7 Å². The van der Waals surface area contributed by atoms with E-state index in [2.05, 4.69) is 5.16 Å². The standard InChI is InChI=1S/C13H16N2O4/c1-7-10(8(2)19-14-7)3-4-12(16)15-6-9-5-11(15)13(17)18-9/h9,11H,3-6H2,1-2H3/t9-,11+/m0/s1. The fourth-order valence-electron chi connectivity index (χ4n) is 2.86. The van der Waals surface area contributed by atoms with Gasteiger partial charge in [0.25, 0.3) is 0 Å². The summed E-state index contributed by atoms with van der Waals surface area (Å²) in [7, 11) is 0. The smallest absolute Gasteiger partial charge is 0.329 e. The van der Waals surface area contributed by atoms with Crippen LogP contribution in [0.5, 0.6) is 0 Å². The van der Waals surface area contributed by atoms with E-state index in [0.717, 1.165) is 17.0 Å². The minimum absolute atomic E-state index is 0.00384. The molecule has 2 bridgehead atoms. The van der Waals surface area contributed by atoms with Crippen molar-refractivity contribution in [1.29, 1.82) is 0 Å². The molecule has 3 rings (SSSR count). The molecular formula is C13H16N2O4. The van der Waals surface area contributed by atoms with Crippen molar-refractivity contribution in [1.82, 2.24) is 10.1 Å². The molecule has 3 heterocycles. The molecule has 2 aliphatic heterocycles. The van der Waals surface area contributed by atoms with Crippen LogP contribution in [0, 0.1) is 13.8 Å². The minimum Gasteiger partial charge on any atom is -0.459 e. The molecular weight excluding hydrogens is 248 g/mol. The van der Waals surface area contributed by atoms with E-state index in [9.17, 15) is 9.59 Å². The third kappa shape index (κ3) is 2.01. The van der Waals surface area contributed by atoms with Gasteiger partial charge in [0, 0.05) is 18.4 Å². The zero-order valence-corrected chi connectivity index (χ0v) is 11.0. The van der Waals surface area contributed by atoms with Crippen molar-refractivity contribution in [2.75, 3.05) is 6.54 Å². The SMILES string of the molecule is Cc1noc(C)c1CCC(=O)N1C[C@@H]2C[C@@H]1C(=O)O2. The summed E-state index contributed by atoms with van der Waals surface area (Å²) >= 11 is 0. The number of hydrogen-bond donors (Lipinski definition) is 0. The summed E-state index contributed by atoms with van der Waals surface area (Å²) in [5.41, 5.74) is 1.81. The van der Waals surface area contributed by atoms with Crippen molar-refractivity contribution in [3.05, 3.63) is 17.0 Å². The Labute approximate surface area is 110 Å². The van der Waals surface area contributed by atoms with Crippen molar-refractivity contribution < 1.29 is 18.8 Å². The quantitative estimate of drug-likeness (QED) is 0.753. The summed E-state index contributed by atoms with van der Waals surface area (Å²) in [5.74, 6) is 0.499. The number of likely N-dealkylation sites (tertiary alicyclic amines) is 1. The van der Waals surface area contributed by atoms with Gasteiger partial charge >= 0.3 is 5.97 Å². The molecule has 2 fully saturated rings. The Kier molecular flexibility index (Phi) is 2.80. The van der Waals surface area contributed by atoms with Crippen molar-refractivity contribution in [3.8, 4) is 0 Å². The molecule has 6 nitrogen and oxygen atoms in total. The van der Waals surface area contributed by atoms with Gasteiger partial charge in [0.05, 0.1) is 12.2 Å². The minimum atomic E-state index is -0.359. The second kappa shape index (κ2) is 4.36. The summed E-state index contributed by atoms with van der Waals surface area (Å²) < 4.78 is 10.1. The van der Waals surface area contributed by atoms with E-state index >= 15 is 0 Å². The number of carbonyl (C=O) groups excluding carboxylic acids is 2. The lowest BCUT2D eigenvalue weighted by Crippen LogP contribution is -2.44. The average Bonchev–Trinajstić information content (AvgIpc) is 3.02. The number of rotatable bonds is 3. The van der Waals surface area contributed by atoms with Crippen LogP contribution in [0.4, 0.5) is 0 Å². The first-order valence-electron chi connectivity index (χ1n) is 6.48. The van der Waals surface area contributed by atoms with Gasteiger partial charge in [0.1, 0.15) is 17.9 Å². The average molecular weight is 264 g/mol. The normalized spacial score (nSPS) is 24.9. The first kappa shape index (κ1) is 12.2. The molecule has 0 spiro atoms. The first-order valence-corrected chi connectivity index (χ1v) is 6.48. The Morgan fingerprint density at radius 2 is 2.26 bits per heavy atom. The van der Waals surface area contributed by atoms with Gasteiger partial charge in [-0.1, -0.05) is 5.16 Å². The highest BCUT2D eigenvalue weighted by Gasteiger charge is 2.48. The Morgan fingerprint density at radius 3 is 2.84 bits per heavy atom. The van der Waals surface area contributed by atoms with E-state index in [-0.39, 0.29) is 24.0 Å². The zero-order chi connectivity index (χ0) is 13.6. The lowest BCUT2D eigenvalue weighted by atomic mass is 10.1. The van der Waals surface area contributed by atoms with Gasteiger partial charge in [-0.15, -0.1) is 0 Å². The van der Waals surface area contributed by atoms with Gasteiger partial charge in [-0.2, -0.15) is 0 Å². The maximum atomic E-state index is 12.2. The van der Waals surface area contributed by atoms with E-state index in [1.54, 1.807) is 4.90 Å². The molecule has 19 heavy (non-hydrogen) atoms. The molecule has 2 saturated heterocycles. The molecule has 0 aromatic carbocycles. The molecule has 0 aliphatic carbocycles. The summed E-state index contributed by atoms with van der Waals surface area (Å²) in [6.45, 7) is 4.25. The Morgan fingerprint density at radius 1 is 1.47 bits per heavy atom. The second-order valence-electron chi connectivity index (χ2n) is 5.16.